The second-order valence-corrected chi connectivity index (χ2v) is 5.74. The van der Waals surface area contributed by atoms with Crippen LogP contribution in [0.5, 0.6) is 5.75 Å². The molecule has 0 radical (unpaired) electrons. The van der Waals surface area contributed by atoms with Crippen LogP contribution in [0.15, 0.2) is 18.2 Å². The van der Waals surface area contributed by atoms with Crippen molar-refractivity contribution in [1.82, 2.24) is 0 Å². The molecule has 0 aliphatic rings. The predicted octanol–water partition coefficient (Wildman–Crippen LogP) is 4.27. The van der Waals surface area contributed by atoms with Gasteiger partial charge >= 0.3 is 11.9 Å². The molecule has 0 aromatic heterocycles. The number of carbonyl (C=O) groups excluding carboxylic acids is 2. The van der Waals surface area contributed by atoms with Crippen molar-refractivity contribution in [3.63, 3.8) is 0 Å². The summed E-state index contributed by atoms with van der Waals surface area (Å²) < 4.78 is 10.1. The summed E-state index contributed by atoms with van der Waals surface area (Å²) in [4.78, 5) is 23.0. The Labute approximate surface area is 134 Å². The van der Waals surface area contributed by atoms with Crippen molar-refractivity contribution in [2.45, 2.75) is 33.1 Å². The minimum atomic E-state index is -0.462. The van der Waals surface area contributed by atoms with Crippen LogP contribution in [0.2, 0.25) is 10.0 Å². The first kappa shape index (κ1) is 17.8. The van der Waals surface area contributed by atoms with E-state index in [-0.39, 0.29) is 29.6 Å². The highest BCUT2D eigenvalue weighted by molar-refractivity contribution is 6.43. The summed E-state index contributed by atoms with van der Waals surface area (Å²) in [6, 6.07) is 4.80. The highest BCUT2D eigenvalue weighted by atomic mass is 35.5. The zero-order valence-corrected chi connectivity index (χ0v) is 13.5. The monoisotopic (exact) mass is 332 g/mol. The highest BCUT2D eigenvalue weighted by Crippen LogP contribution is 2.31. The molecule has 0 spiro atoms. The van der Waals surface area contributed by atoms with Crippen molar-refractivity contribution in [3.05, 3.63) is 28.2 Å². The van der Waals surface area contributed by atoms with Crippen molar-refractivity contribution >= 4 is 35.1 Å². The number of carbonyl (C=O) groups is 2. The Hall–Kier alpha value is -1.26. The molecule has 116 valence electrons. The van der Waals surface area contributed by atoms with Gasteiger partial charge in [-0.3, -0.25) is 9.59 Å². The van der Waals surface area contributed by atoms with E-state index in [1.807, 2.05) is 13.8 Å². The average Bonchev–Trinajstić information content (AvgIpc) is 2.41. The summed E-state index contributed by atoms with van der Waals surface area (Å²) in [5.41, 5.74) is 0. The first-order valence-corrected chi connectivity index (χ1v) is 7.46. The van der Waals surface area contributed by atoms with Crippen molar-refractivity contribution < 1.29 is 19.1 Å². The fourth-order valence-corrected chi connectivity index (χ4v) is 1.78. The molecule has 4 nitrogen and oxygen atoms in total. The summed E-state index contributed by atoms with van der Waals surface area (Å²) in [5, 5.41) is 0.517. The Balaban J connectivity index is 2.31. The summed E-state index contributed by atoms with van der Waals surface area (Å²) >= 11 is 11.7. The number of hydrogen-bond acceptors (Lipinski definition) is 4. The first-order chi connectivity index (χ1) is 9.90. The number of hydrogen-bond donors (Lipinski definition) is 0. The molecule has 0 amide bonds. The molecule has 0 fully saturated rings. The topological polar surface area (TPSA) is 52.6 Å². The first-order valence-electron chi connectivity index (χ1n) is 6.70. The Morgan fingerprint density at radius 2 is 1.81 bits per heavy atom. The second kappa shape index (κ2) is 8.90. The van der Waals surface area contributed by atoms with E-state index in [0.29, 0.717) is 24.0 Å². The van der Waals surface area contributed by atoms with Gasteiger partial charge in [0.25, 0.3) is 0 Å². The number of esters is 2. The molecule has 1 aromatic rings. The normalized spacial score (nSPS) is 10.5. The third kappa shape index (κ3) is 6.82. The van der Waals surface area contributed by atoms with Crippen molar-refractivity contribution in [2.75, 3.05) is 6.61 Å². The van der Waals surface area contributed by atoms with Crippen molar-refractivity contribution in [3.8, 4) is 5.75 Å². The largest absolute Gasteiger partial charge is 0.465 e. The molecular formula is C15H18Cl2O4. The molecule has 21 heavy (non-hydrogen) atoms. The summed E-state index contributed by atoms with van der Waals surface area (Å²) in [6.45, 7) is 4.31. The van der Waals surface area contributed by atoms with E-state index >= 15 is 0 Å². The number of ether oxygens (including phenoxy) is 2. The Bertz CT molecular complexity index is 500. The standard InChI is InChI=1S/C15H18Cl2O4/c1-10(2)9-20-13(18)7-4-8-14(19)21-12-6-3-5-11(16)15(12)17/h3,5-6,10H,4,7-9H2,1-2H3. The Morgan fingerprint density at radius 1 is 1.14 bits per heavy atom. The third-order valence-electron chi connectivity index (χ3n) is 2.48. The van der Waals surface area contributed by atoms with Crippen LogP contribution in [0.4, 0.5) is 0 Å². The van der Waals surface area contributed by atoms with Crippen LogP contribution in [-0.4, -0.2) is 18.5 Å². The van der Waals surface area contributed by atoms with Gasteiger partial charge in [-0.15, -0.1) is 0 Å². The maximum atomic E-state index is 11.6. The van der Waals surface area contributed by atoms with Gasteiger partial charge in [-0.25, -0.2) is 0 Å². The van der Waals surface area contributed by atoms with E-state index in [1.165, 1.54) is 0 Å². The average molecular weight is 333 g/mol. The van der Waals surface area contributed by atoms with Crippen molar-refractivity contribution in [1.29, 1.82) is 0 Å². The predicted molar refractivity (Wildman–Crippen MR) is 81.7 cm³/mol. The minimum Gasteiger partial charge on any atom is -0.465 e. The maximum Gasteiger partial charge on any atom is 0.311 e. The maximum absolute atomic E-state index is 11.6. The molecule has 0 unspecified atom stereocenters. The van der Waals surface area contributed by atoms with Gasteiger partial charge in [0.2, 0.25) is 0 Å². The van der Waals surface area contributed by atoms with Gasteiger partial charge in [0.1, 0.15) is 5.02 Å². The number of rotatable bonds is 7. The van der Waals surface area contributed by atoms with Crippen molar-refractivity contribution in [2.24, 2.45) is 5.92 Å². The summed E-state index contributed by atoms with van der Waals surface area (Å²) in [7, 11) is 0. The molecule has 0 aliphatic heterocycles. The van der Waals surface area contributed by atoms with E-state index in [2.05, 4.69) is 0 Å². The zero-order chi connectivity index (χ0) is 15.8. The zero-order valence-electron chi connectivity index (χ0n) is 12.0. The van der Waals surface area contributed by atoms with E-state index in [9.17, 15) is 9.59 Å². The van der Waals surface area contributed by atoms with E-state index < -0.39 is 5.97 Å². The van der Waals surface area contributed by atoms with Gasteiger partial charge in [0.05, 0.1) is 11.6 Å². The van der Waals surface area contributed by atoms with E-state index in [0.717, 1.165) is 0 Å². The van der Waals surface area contributed by atoms with Gasteiger partial charge in [-0.1, -0.05) is 43.1 Å². The lowest BCUT2D eigenvalue weighted by molar-refractivity contribution is -0.145. The molecule has 0 aliphatic carbocycles. The number of halogens is 2. The molecule has 1 rings (SSSR count). The SMILES string of the molecule is CC(C)COC(=O)CCCC(=O)Oc1cccc(Cl)c1Cl. The van der Waals surface area contributed by atoms with Gasteiger partial charge in [0, 0.05) is 12.8 Å². The van der Waals surface area contributed by atoms with Crippen LogP contribution in [0.25, 0.3) is 0 Å². The second-order valence-electron chi connectivity index (χ2n) is 4.96. The van der Waals surface area contributed by atoms with Gasteiger partial charge in [-0.2, -0.15) is 0 Å². The molecule has 0 saturated heterocycles. The third-order valence-corrected chi connectivity index (χ3v) is 3.28. The Morgan fingerprint density at radius 3 is 2.48 bits per heavy atom. The summed E-state index contributed by atoms with van der Waals surface area (Å²) in [6.07, 6.45) is 0.665. The molecule has 0 atom stereocenters. The van der Waals surface area contributed by atoms with Crippen LogP contribution >= 0.6 is 23.2 Å². The molecule has 0 saturated carbocycles. The van der Waals surface area contributed by atoms with Gasteiger partial charge < -0.3 is 9.47 Å². The van der Waals surface area contributed by atoms with Crippen LogP contribution in [0.1, 0.15) is 33.1 Å². The minimum absolute atomic E-state index is 0.111. The van der Waals surface area contributed by atoms with Crippen LogP contribution in [0.3, 0.4) is 0 Å². The van der Waals surface area contributed by atoms with Gasteiger partial charge in [0.15, 0.2) is 5.75 Å². The van der Waals surface area contributed by atoms with E-state index in [4.69, 9.17) is 32.7 Å². The Kier molecular flexibility index (Phi) is 7.54. The fourth-order valence-electron chi connectivity index (χ4n) is 1.45. The van der Waals surface area contributed by atoms with Crippen LogP contribution in [0, 0.1) is 5.92 Å². The molecular weight excluding hydrogens is 315 g/mol. The quantitative estimate of drug-likeness (QED) is 0.552. The van der Waals surface area contributed by atoms with Gasteiger partial charge in [-0.05, 0) is 24.5 Å². The molecule has 0 heterocycles. The lowest BCUT2D eigenvalue weighted by Gasteiger charge is -2.08. The fraction of sp³-hybridized carbons (Fsp3) is 0.467. The smallest absolute Gasteiger partial charge is 0.311 e. The number of benzene rings is 1. The van der Waals surface area contributed by atoms with E-state index in [1.54, 1.807) is 18.2 Å². The molecule has 1 aromatic carbocycles. The van der Waals surface area contributed by atoms with Crippen LogP contribution in [-0.2, 0) is 14.3 Å². The molecule has 6 heteroatoms. The summed E-state index contributed by atoms with van der Waals surface area (Å²) in [5.74, 6) is -0.256. The molecule has 0 bridgehead atoms. The molecule has 0 N–H and O–H groups in total. The lowest BCUT2D eigenvalue weighted by atomic mass is 10.2. The lowest BCUT2D eigenvalue weighted by Crippen LogP contribution is -2.12. The highest BCUT2D eigenvalue weighted by Gasteiger charge is 2.12. The van der Waals surface area contributed by atoms with Crippen LogP contribution < -0.4 is 4.74 Å².